The van der Waals surface area contributed by atoms with Gasteiger partial charge in [-0.05, 0) is 93.9 Å². The highest BCUT2D eigenvalue weighted by atomic mass is 16.1. The van der Waals surface area contributed by atoms with Crippen LogP contribution in [0.4, 0.5) is 0 Å². The molecule has 0 unspecified atom stereocenters. The standard InChI is InChI=1S/C16H31NO.C14H27NO/c1-12(2)10-8-9-11-16(7,17-14(5)6)15(18)13(3)4;1-7-8-9-10-14(6,15-12(4)5)13(16)11(2)3/h10,13-14,17H,8-9,11H2,1-7H3;7,11-12,15H,1,8-10H2,2-6H3/t16-;14-/m11/s1. The van der Waals surface area contributed by atoms with E-state index in [2.05, 4.69) is 71.8 Å². The van der Waals surface area contributed by atoms with Crippen LogP contribution in [0.1, 0.15) is 122 Å². The first-order valence-electron chi connectivity index (χ1n) is 13.4. The van der Waals surface area contributed by atoms with Gasteiger partial charge in [0.25, 0.3) is 0 Å². The third kappa shape index (κ3) is 14.9. The number of ketones is 2. The van der Waals surface area contributed by atoms with Gasteiger partial charge in [-0.3, -0.25) is 9.59 Å². The summed E-state index contributed by atoms with van der Waals surface area (Å²) in [7, 11) is 0. The maximum atomic E-state index is 12.4. The number of nitrogens with one attached hydrogen (secondary N) is 2. The van der Waals surface area contributed by atoms with Gasteiger partial charge in [-0.25, -0.2) is 0 Å². The van der Waals surface area contributed by atoms with E-state index in [0.29, 0.717) is 23.7 Å². The van der Waals surface area contributed by atoms with E-state index < -0.39 is 0 Å². The topological polar surface area (TPSA) is 58.2 Å². The number of carbonyl (C=O) groups is 2. The lowest BCUT2D eigenvalue weighted by molar-refractivity contribution is -0.129. The van der Waals surface area contributed by atoms with Crippen molar-refractivity contribution in [2.75, 3.05) is 0 Å². The predicted octanol–water partition coefficient (Wildman–Crippen LogP) is 7.43. The number of hydrogen-bond acceptors (Lipinski definition) is 4. The number of allylic oxidation sites excluding steroid dienone is 3. The molecule has 0 aromatic carbocycles. The Morgan fingerprint density at radius 2 is 1.09 bits per heavy atom. The highest BCUT2D eigenvalue weighted by molar-refractivity contribution is 5.90. The Hall–Kier alpha value is -1.26. The second kappa shape index (κ2) is 17.2. The Balaban J connectivity index is 0. The maximum Gasteiger partial charge on any atom is 0.155 e. The van der Waals surface area contributed by atoms with Crippen LogP contribution in [0.5, 0.6) is 0 Å². The van der Waals surface area contributed by atoms with Crippen molar-refractivity contribution in [2.24, 2.45) is 11.8 Å². The minimum Gasteiger partial charge on any atom is -0.303 e. The van der Waals surface area contributed by atoms with Crippen LogP contribution in [0.25, 0.3) is 0 Å². The van der Waals surface area contributed by atoms with Gasteiger partial charge in [-0.15, -0.1) is 6.58 Å². The molecule has 0 bridgehead atoms. The molecule has 0 aliphatic rings. The van der Waals surface area contributed by atoms with Gasteiger partial charge in [0.15, 0.2) is 11.6 Å². The lowest BCUT2D eigenvalue weighted by Gasteiger charge is -2.33. The summed E-state index contributed by atoms with van der Waals surface area (Å²) in [5.41, 5.74) is 0.590. The molecule has 0 amide bonds. The molecule has 2 N–H and O–H groups in total. The van der Waals surface area contributed by atoms with Crippen LogP contribution in [-0.4, -0.2) is 34.7 Å². The zero-order valence-electron chi connectivity index (χ0n) is 24.7. The molecule has 4 nitrogen and oxygen atoms in total. The second-order valence-electron chi connectivity index (χ2n) is 11.7. The van der Waals surface area contributed by atoms with Crippen molar-refractivity contribution in [3.05, 3.63) is 24.3 Å². The molecule has 2 atom stereocenters. The van der Waals surface area contributed by atoms with Gasteiger partial charge >= 0.3 is 0 Å². The molecule has 0 aliphatic heterocycles. The summed E-state index contributed by atoms with van der Waals surface area (Å²) in [5, 5.41) is 6.87. The van der Waals surface area contributed by atoms with E-state index in [1.165, 1.54) is 5.57 Å². The molecule has 0 aromatic heterocycles. The van der Waals surface area contributed by atoms with Crippen LogP contribution in [0.15, 0.2) is 24.3 Å². The van der Waals surface area contributed by atoms with Crippen molar-refractivity contribution >= 4 is 11.6 Å². The van der Waals surface area contributed by atoms with Crippen LogP contribution in [0.2, 0.25) is 0 Å². The van der Waals surface area contributed by atoms with Crippen LogP contribution in [-0.2, 0) is 9.59 Å². The van der Waals surface area contributed by atoms with Crippen LogP contribution in [0.3, 0.4) is 0 Å². The summed E-state index contributed by atoms with van der Waals surface area (Å²) >= 11 is 0. The summed E-state index contributed by atoms with van der Waals surface area (Å²) in [6.07, 6.45) is 10.0. The van der Waals surface area contributed by atoms with E-state index in [1.807, 2.05) is 40.7 Å². The summed E-state index contributed by atoms with van der Waals surface area (Å²) in [5.74, 6) is 0.809. The van der Waals surface area contributed by atoms with Gasteiger partial charge in [0, 0.05) is 23.9 Å². The molecule has 0 heterocycles. The number of carbonyl (C=O) groups excluding carboxylic acids is 2. The molecule has 0 fully saturated rings. The normalized spacial score (nSPS) is 14.9. The number of rotatable bonds is 16. The third-order valence-corrected chi connectivity index (χ3v) is 5.87. The molecule has 0 saturated heterocycles. The second-order valence-corrected chi connectivity index (χ2v) is 11.7. The largest absolute Gasteiger partial charge is 0.303 e. The molecular formula is C30H58N2O2. The first-order valence-corrected chi connectivity index (χ1v) is 13.4. The zero-order valence-corrected chi connectivity index (χ0v) is 24.7. The van der Waals surface area contributed by atoms with Crippen molar-refractivity contribution in [3.63, 3.8) is 0 Å². The van der Waals surface area contributed by atoms with Crippen LogP contribution >= 0.6 is 0 Å². The molecule has 0 radical (unpaired) electrons. The van der Waals surface area contributed by atoms with Gasteiger partial charge in [0.05, 0.1) is 11.1 Å². The van der Waals surface area contributed by atoms with E-state index in [1.54, 1.807) is 0 Å². The molecule has 0 aromatic rings. The van der Waals surface area contributed by atoms with Gasteiger partial charge in [0.1, 0.15) is 0 Å². The van der Waals surface area contributed by atoms with Crippen molar-refractivity contribution in [1.29, 1.82) is 0 Å². The van der Waals surface area contributed by atoms with Crippen molar-refractivity contribution < 1.29 is 9.59 Å². The first-order chi connectivity index (χ1) is 15.5. The molecule has 4 heteroatoms. The number of unbranched alkanes of at least 4 members (excludes halogenated alkanes) is 2. The number of Topliss-reactive ketones (excluding diaryl/α,β-unsaturated/α-hetero) is 2. The molecule has 34 heavy (non-hydrogen) atoms. The third-order valence-electron chi connectivity index (χ3n) is 5.87. The van der Waals surface area contributed by atoms with Gasteiger partial charge < -0.3 is 10.6 Å². The van der Waals surface area contributed by atoms with E-state index in [9.17, 15) is 9.59 Å². The van der Waals surface area contributed by atoms with E-state index in [0.717, 1.165) is 38.5 Å². The van der Waals surface area contributed by atoms with Crippen LogP contribution < -0.4 is 10.6 Å². The van der Waals surface area contributed by atoms with Gasteiger partial charge in [-0.1, -0.05) is 45.4 Å². The van der Waals surface area contributed by atoms with Crippen molar-refractivity contribution in [3.8, 4) is 0 Å². The molecule has 0 rings (SSSR count). The summed E-state index contributed by atoms with van der Waals surface area (Å²) < 4.78 is 0. The fraction of sp³-hybridized carbons (Fsp3) is 0.800. The fourth-order valence-electron chi connectivity index (χ4n) is 4.53. The lowest BCUT2D eigenvalue weighted by Crippen LogP contribution is -2.53. The highest BCUT2D eigenvalue weighted by Gasteiger charge is 2.35. The number of hydrogen-bond donors (Lipinski definition) is 2. The predicted molar refractivity (Wildman–Crippen MR) is 150 cm³/mol. The average Bonchev–Trinajstić information content (AvgIpc) is 2.69. The molecule has 200 valence electrons. The van der Waals surface area contributed by atoms with E-state index in [-0.39, 0.29) is 22.9 Å². The Morgan fingerprint density at radius 1 is 0.735 bits per heavy atom. The minimum absolute atomic E-state index is 0.0833. The summed E-state index contributed by atoms with van der Waals surface area (Å²) in [6.45, 7) is 28.3. The maximum absolute atomic E-state index is 12.4. The first kappa shape index (κ1) is 34.9. The summed E-state index contributed by atoms with van der Waals surface area (Å²) in [6, 6.07) is 0.664. The average molecular weight is 479 g/mol. The monoisotopic (exact) mass is 478 g/mol. The molecule has 0 aliphatic carbocycles. The molecule has 0 saturated carbocycles. The van der Waals surface area contributed by atoms with Crippen LogP contribution in [0, 0.1) is 11.8 Å². The van der Waals surface area contributed by atoms with Gasteiger partial charge in [-0.2, -0.15) is 0 Å². The van der Waals surface area contributed by atoms with Crippen molar-refractivity contribution in [2.45, 2.75) is 145 Å². The smallest absolute Gasteiger partial charge is 0.155 e. The lowest BCUT2D eigenvalue weighted by atomic mass is 9.84. The Morgan fingerprint density at radius 3 is 1.35 bits per heavy atom. The Labute approximate surface area is 212 Å². The quantitative estimate of drug-likeness (QED) is 0.179. The summed E-state index contributed by atoms with van der Waals surface area (Å²) in [4.78, 5) is 24.6. The molecular weight excluding hydrogens is 420 g/mol. The SMILES string of the molecule is C=CCCC[C@@](C)(NC(C)C)C(=O)C(C)C.CC(C)=CCCC[C@@](C)(NC(C)C)C(=O)C(C)C. The Bertz CT molecular complexity index is 630. The fourth-order valence-corrected chi connectivity index (χ4v) is 4.53. The van der Waals surface area contributed by atoms with Gasteiger partial charge in [0.2, 0.25) is 0 Å². The highest BCUT2D eigenvalue weighted by Crippen LogP contribution is 2.22. The van der Waals surface area contributed by atoms with E-state index in [4.69, 9.17) is 0 Å². The Kier molecular flexibility index (Phi) is 17.7. The zero-order chi connectivity index (χ0) is 27.1. The van der Waals surface area contributed by atoms with E-state index >= 15 is 0 Å². The minimum atomic E-state index is -0.384. The molecule has 0 spiro atoms. The van der Waals surface area contributed by atoms with Crippen molar-refractivity contribution in [1.82, 2.24) is 10.6 Å².